The van der Waals surface area contributed by atoms with Crippen LogP contribution < -0.4 is 11.5 Å². The third kappa shape index (κ3) is 3.94. The zero-order valence-corrected chi connectivity index (χ0v) is 5.97. The molecule has 0 amide bonds. The molecule has 0 saturated heterocycles. The molecule has 1 unspecified atom stereocenters. The first-order valence-electron chi connectivity index (χ1n) is 2.38. The highest BCUT2D eigenvalue weighted by Gasteiger charge is 1.92. The van der Waals surface area contributed by atoms with E-state index in [1.165, 1.54) is 0 Å². The van der Waals surface area contributed by atoms with Gasteiger partial charge in [-0.05, 0) is 0 Å². The van der Waals surface area contributed by atoms with Crippen molar-refractivity contribution >= 4 is 9.76 Å². The molecule has 4 heteroatoms. The Morgan fingerprint density at radius 3 is 2.57 bits per heavy atom. The molecule has 0 rings (SSSR count). The number of hydrogen-bond acceptors (Lipinski definition) is 3. The minimum absolute atomic E-state index is 0.211. The molecule has 7 heavy (non-hydrogen) atoms. The molecule has 0 aliphatic carbocycles. The van der Waals surface area contributed by atoms with Crippen LogP contribution in [-0.4, -0.2) is 22.5 Å². The van der Waals surface area contributed by atoms with Gasteiger partial charge >= 0.3 is 0 Å². The molecule has 0 aromatic rings. The van der Waals surface area contributed by atoms with Crippen molar-refractivity contribution in [3.63, 3.8) is 0 Å². The van der Waals surface area contributed by atoms with Crippen LogP contribution in [0.2, 0.25) is 6.55 Å². The molecule has 4 N–H and O–H groups in total. The topological polar surface area (TPSA) is 61.3 Å². The van der Waals surface area contributed by atoms with Crippen LogP contribution in [0.5, 0.6) is 0 Å². The highest BCUT2D eigenvalue weighted by molar-refractivity contribution is 6.24. The van der Waals surface area contributed by atoms with Gasteiger partial charge < -0.3 is 15.9 Å². The van der Waals surface area contributed by atoms with Gasteiger partial charge in [-0.3, -0.25) is 0 Å². The first kappa shape index (κ1) is 7.10. The van der Waals surface area contributed by atoms with Gasteiger partial charge in [0, 0.05) is 6.54 Å². The van der Waals surface area contributed by atoms with Crippen LogP contribution in [0.15, 0.2) is 0 Å². The predicted molar refractivity (Wildman–Crippen MR) is 32.5 cm³/mol. The van der Waals surface area contributed by atoms with E-state index in [2.05, 4.69) is 0 Å². The summed E-state index contributed by atoms with van der Waals surface area (Å²) < 4.78 is 4.98. The van der Waals surface area contributed by atoms with Gasteiger partial charge in [0.2, 0.25) is 0 Å². The molecule has 0 radical (unpaired) electrons. The first-order chi connectivity index (χ1) is 3.31. The average Bonchev–Trinajstić information content (AvgIpc) is 1.68. The lowest BCUT2D eigenvalue weighted by molar-refractivity contribution is 0.231. The highest BCUT2D eigenvalue weighted by Crippen LogP contribution is 1.72. The maximum absolute atomic E-state index is 5.27. The maximum Gasteiger partial charge on any atom is 0.160 e. The Morgan fingerprint density at radius 2 is 2.43 bits per heavy atom. The summed E-state index contributed by atoms with van der Waals surface area (Å²) in [4.78, 5) is 0. The van der Waals surface area contributed by atoms with Gasteiger partial charge in [0.1, 0.15) is 6.23 Å². The Morgan fingerprint density at radius 1 is 1.86 bits per heavy atom. The minimum atomic E-state index is -0.349. The summed E-state index contributed by atoms with van der Waals surface area (Å²) in [6.45, 7) is 2.45. The molecule has 44 valence electrons. The lowest BCUT2D eigenvalue weighted by Crippen LogP contribution is -2.33. The summed E-state index contributed by atoms with van der Waals surface area (Å²) in [6.07, 6.45) is -0.211. The molecule has 3 nitrogen and oxygen atoms in total. The molecule has 0 heterocycles. The van der Waals surface area contributed by atoms with Gasteiger partial charge in [0.05, 0.1) is 0 Å². The average molecular weight is 120 g/mol. The number of hydrogen-bond donors (Lipinski definition) is 2. The Balaban J connectivity index is 2.83. The van der Waals surface area contributed by atoms with Gasteiger partial charge in [-0.15, -0.1) is 0 Å². The van der Waals surface area contributed by atoms with E-state index in [0.29, 0.717) is 6.54 Å². The molecular formula is C3H12N2OSi. The third-order valence-corrected chi connectivity index (χ3v) is 1.37. The van der Waals surface area contributed by atoms with Crippen LogP contribution in [0.4, 0.5) is 0 Å². The second kappa shape index (κ2) is 4.26. The van der Waals surface area contributed by atoms with Gasteiger partial charge in [-0.2, -0.15) is 0 Å². The van der Waals surface area contributed by atoms with Crippen LogP contribution in [0.3, 0.4) is 0 Å². The lowest BCUT2D eigenvalue weighted by Gasteiger charge is -2.06. The Labute approximate surface area is 46.0 Å². The zero-order chi connectivity index (χ0) is 5.70. The summed E-state index contributed by atoms with van der Waals surface area (Å²) in [5.41, 5.74) is 10.4. The van der Waals surface area contributed by atoms with Crippen LogP contribution in [0.25, 0.3) is 0 Å². The largest absolute Gasteiger partial charge is 0.408 e. The summed E-state index contributed by atoms with van der Waals surface area (Å²) in [7, 11) is -0.349. The smallest absolute Gasteiger partial charge is 0.160 e. The SMILES string of the molecule is C[SiH2]OC(N)CN. The molecule has 0 aliphatic rings. The highest BCUT2D eigenvalue weighted by atomic mass is 28.2. The second-order valence-electron chi connectivity index (χ2n) is 1.23. The molecular weight excluding hydrogens is 108 g/mol. The van der Waals surface area contributed by atoms with E-state index in [1.54, 1.807) is 0 Å². The van der Waals surface area contributed by atoms with E-state index in [-0.39, 0.29) is 16.0 Å². The van der Waals surface area contributed by atoms with E-state index in [0.717, 1.165) is 0 Å². The van der Waals surface area contributed by atoms with Crippen molar-refractivity contribution in [2.45, 2.75) is 12.8 Å². The second-order valence-corrected chi connectivity index (χ2v) is 2.14. The van der Waals surface area contributed by atoms with Gasteiger partial charge in [-0.1, -0.05) is 6.55 Å². The fourth-order valence-electron chi connectivity index (χ4n) is 0.282. The maximum atomic E-state index is 5.27. The fraction of sp³-hybridized carbons (Fsp3) is 1.00. The number of rotatable bonds is 3. The van der Waals surface area contributed by atoms with Gasteiger partial charge in [0.25, 0.3) is 0 Å². The quantitative estimate of drug-likeness (QED) is 0.347. The van der Waals surface area contributed by atoms with Crippen molar-refractivity contribution in [3.8, 4) is 0 Å². The first-order valence-corrected chi connectivity index (χ1v) is 4.37. The molecule has 0 aliphatic heterocycles. The van der Waals surface area contributed by atoms with E-state index >= 15 is 0 Å². The van der Waals surface area contributed by atoms with Crippen molar-refractivity contribution in [2.24, 2.45) is 11.5 Å². The molecule has 0 aromatic carbocycles. The summed E-state index contributed by atoms with van der Waals surface area (Å²) in [6, 6.07) is 0. The standard InChI is InChI=1S/C3H12N2OSi/c1-7-6-3(5)2-4/h3H,2,4-5,7H2,1H3. The Kier molecular flexibility index (Phi) is 4.32. The van der Waals surface area contributed by atoms with Crippen LogP contribution in [0.1, 0.15) is 0 Å². The van der Waals surface area contributed by atoms with E-state index < -0.39 is 0 Å². The molecule has 0 saturated carbocycles. The monoisotopic (exact) mass is 120 g/mol. The molecule has 0 aromatic heterocycles. The van der Waals surface area contributed by atoms with Crippen LogP contribution in [-0.2, 0) is 4.43 Å². The molecule has 0 bridgehead atoms. The van der Waals surface area contributed by atoms with Crippen molar-refractivity contribution in [1.29, 1.82) is 0 Å². The zero-order valence-electron chi connectivity index (χ0n) is 4.55. The Hall–Kier alpha value is 0.0969. The summed E-state index contributed by atoms with van der Waals surface area (Å²) in [5.74, 6) is 0. The molecule has 0 fully saturated rings. The predicted octanol–water partition coefficient (Wildman–Crippen LogP) is -1.62. The third-order valence-electron chi connectivity index (χ3n) is 0.613. The van der Waals surface area contributed by atoms with Crippen molar-refractivity contribution < 1.29 is 4.43 Å². The lowest BCUT2D eigenvalue weighted by atomic mass is 10.6. The normalized spacial score (nSPS) is 15.9. The van der Waals surface area contributed by atoms with E-state index in [1.807, 2.05) is 6.55 Å². The Bertz CT molecular complexity index is 43.9. The molecule has 1 atom stereocenters. The minimum Gasteiger partial charge on any atom is -0.408 e. The van der Waals surface area contributed by atoms with Gasteiger partial charge in [0.15, 0.2) is 9.76 Å². The van der Waals surface area contributed by atoms with Crippen LogP contribution in [0, 0.1) is 0 Å². The summed E-state index contributed by atoms with van der Waals surface area (Å²) >= 11 is 0. The van der Waals surface area contributed by atoms with Crippen molar-refractivity contribution in [3.05, 3.63) is 0 Å². The van der Waals surface area contributed by atoms with Crippen molar-refractivity contribution in [2.75, 3.05) is 6.54 Å². The van der Waals surface area contributed by atoms with Gasteiger partial charge in [-0.25, -0.2) is 0 Å². The van der Waals surface area contributed by atoms with E-state index in [4.69, 9.17) is 15.9 Å². The summed E-state index contributed by atoms with van der Waals surface area (Å²) in [5, 5.41) is 0. The van der Waals surface area contributed by atoms with Crippen LogP contribution >= 0.6 is 0 Å². The van der Waals surface area contributed by atoms with Crippen molar-refractivity contribution in [1.82, 2.24) is 0 Å². The molecule has 0 spiro atoms. The van der Waals surface area contributed by atoms with E-state index in [9.17, 15) is 0 Å². The fourth-order valence-corrected chi connectivity index (χ4v) is 0.846. The number of nitrogens with two attached hydrogens (primary N) is 2.